The number of amides is 1. The Morgan fingerprint density at radius 3 is 2.23 bits per heavy atom. The van der Waals surface area contributed by atoms with Crippen LogP contribution in [0.25, 0.3) is 0 Å². The van der Waals surface area contributed by atoms with Gasteiger partial charge in [0.25, 0.3) is 0 Å². The van der Waals surface area contributed by atoms with Crippen molar-refractivity contribution in [3.8, 4) is 0 Å². The van der Waals surface area contributed by atoms with E-state index in [0.29, 0.717) is 11.6 Å². The quantitative estimate of drug-likeness (QED) is 0.552. The molecule has 0 spiro atoms. The van der Waals surface area contributed by atoms with Crippen LogP contribution in [0, 0.1) is 10.8 Å². The van der Waals surface area contributed by atoms with Crippen LogP contribution in [0.3, 0.4) is 0 Å². The van der Waals surface area contributed by atoms with Crippen LogP contribution in [-0.4, -0.2) is 34.0 Å². The van der Waals surface area contributed by atoms with Gasteiger partial charge in [0, 0.05) is 10.8 Å². The van der Waals surface area contributed by atoms with Crippen molar-refractivity contribution >= 4 is 29.0 Å². The summed E-state index contributed by atoms with van der Waals surface area (Å²) >= 11 is 5.58. The number of rotatable bonds is 3. The van der Waals surface area contributed by atoms with Crippen molar-refractivity contribution in [2.75, 3.05) is 6.61 Å². The molecule has 0 saturated heterocycles. The van der Waals surface area contributed by atoms with Crippen molar-refractivity contribution in [2.45, 2.75) is 73.9 Å². The van der Waals surface area contributed by atoms with Crippen LogP contribution in [0.4, 0.5) is 4.79 Å². The molecule has 0 aliphatic carbocycles. The molecule has 0 fully saturated rings. The number of hydrogen-bond donors (Lipinski definition) is 0. The van der Waals surface area contributed by atoms with E-state index in [2.05, 4.69) is 48.5 Å². The number of unbranched alkanes of at least 4 members (excludes halogenated alkanes) is 1. The summed E-state index contributed by atoms with van der Waals surface area (Å²) in [5.41, 5.74) is -0.390. The number of carbonyl (C=O) groups is 1. The fourth-order valence-corrected chi connectivity index (χ4v) is 2.84. The van der Waals surface area contributed by atoms with Gasteiger partial charge in [-0.1, -0.05) is 67.1 Å². The molecule has 1 atom stereocenters. The van der Waals surface area contributed by atoms with E-state index in [4.69, 9.17) is 21.9 Å². The summed E-state index contributed by atoms with van der Waals surface area (Å²) in [6.07, 6.45) is 1.45. The van der Waals surface area contributed by atoms with Gasteiger partial charge in [0.1, 0.15) is 10.7 Å². The smallest absolute Gasteiger partial charge is 0.417 e. The molecule has 1 amide bonds. The number of aliphatic imine (C=N–C) groups is 1. The fourth-order valence-electron chi connectivity index (χ4n) is 2.24. The molecule has 1 aliphatic rings. The van der Waals surface area contributed by atoms with Crippen LogP contribution >= 0.6 is 12.2 Å². The third kappa shape index (κ3) is 3.50. The Balaban J connectivity index is 3.20. The number of ether oxygens (including phenoxy) is 1. The lowest BCUT2D eigenvalue weighted by atomic mass is 9.81. The van der Waals surface area contributed by atoms with E-state index in [1.807, 2.05) is 6.92 Å². The lowest BCUT2D eigenvalue weighted by Crippen LogP contribution is -2.55. The highest BCUT2D eigenvalue weighted by molar-refractivity contribution is 7.82. The third-order valence-electron chi connectivity index (χ3n) is 4.21. The molecule has 126 valence electrons. The molecule has 22 heavy (non-hydrogen) atoms. The Bertz CT molecular complexity index is 486. The van der Waals surface area contributed by atoms with E-state index in [-0.39, 0.29) is 16.9 Å². The van der Waals surface area contributed by atoms with Gasteiger partial charge < -0.3 is 4.74 Å². The molecule has 0 aromatic heterocycles. The largest absolute Gasteiger partial charge is 0.449 e. The minimum atomic E-state index is -0.726. The van der Waals surface area contributed by atoms with Gasteiger partial charge >= 0.3 is 6.09 Å². The predicted molar refractivity (Wildman–Crippen MR) is 95.4 cm³/mol. The molecular weight excluding hydrogens is 296 g/mol. The van der Waals surface area contributed by atoms with E-state index in [9.17, 15) is 4.79 Å². The molecule has 1 aliphatic heterocycles. The summed E-state index contributed by atoms with van der Waals surface area (Å²) in [4.78, 5) is 19.5. The van der Waals surface area contributed by atoms with Crippen LogP contribution in [0.1, 0.15) is 68.2 Å². The van der Waals surface area contributed by atoms with E-state index < -0.39 is 5.66 Å². The van der Waals surface area contributed by atoms with Gasteiger partial charge in [0.15, 0.2) is 0 Å². The zero-order valence-electron chi connectivity index (χ0n) is 15.2. The van der Waals surface area contributed by atoms with Crippen molar-refractivity contribution in [1.29, 1.82) is 0 Å². The Hall–Kier alpha value is -0.970. The number of hydrogen-bond acceptors (Lipinski definition) is 4. The van der Waals surface area contributed by atoms with Crippen molar-refractivity contribution in [3.63, 3.8) is 0 Å². The molecule has 0 saturated carbocycles. The van der Waals surface area contributed by atoms with Crippen LogP contribution in [0.2, 0.25) is 0 Å². The van der Waals surface area contributed by atoms with Crippen LogP contribution in [0.5, 0.6) is 0 Å². The van der Waals surface area contributed by atoms with Gasteiger partial charge in [-0.3, -0.25) is 4.99 Å². The highest BCUT2D eigenvalue weighted by Crippen LogP contribution is 2.43. The topological polar surface area (TPSA) is 41.9 Å². The molecular formula is C17H30N2O2S. The van der Waals surface area contributed by atoms with E-state index in [1.54, 1.807) is 4.90 Å². The van der Waals surface area contributed by atoms with Gasteiger partial charge in [0.2, 0.25) is 0 Å². The first-order chi connectivity index (χ1) is 9.86. The molecule has 0 aromatic rings. The van der Waals surface area contributed by atoms with E-state index in [1.165, 1.54) is 0 Å². The zero-order valence-corrected chi connectivity index (χ0v) is 16.1. The second-order valence-electron chi connectivity index (χ2n) is 8.09. The Morgan fingerprint density at radius 1 is 1.27 bits per heavy atom. The first kappa shape index (κ1) is 19.1. The monoisotopic (exact) mass is 326 g/mol. The number of nitrogens with zero attached hydrogens (tertiary/aromatic N) is 2. The maximum Gasteiger partial charge on any atom is 0.417 e. The lowest BCUT2D eigenvalue weighted by molar-refractivity contribution is 0.0518. The minimum absolute atomic E-state index is 0.206. The Labute approximate surface area is 140 Å². The number of thiocarbonyl (C=S) groups is 1. The highest BCUT2D eigenvalue weighted by atomic mass is 32.1. The Kier molecular flexibility index (Phi) is 5.43. The van der Waals surface area contributed by atoms with Crippen molar-refractivity contribution in [1.82, 2.24) is 4.90 Å². The van der Waals surface area contributed by atoms with Gasteiger partial charge in [0.05, 0.1) is 12.3 Å². The average Bonchev–Trinajstić information content (AvgIpc) is 2.62. The summed E-state index contributed by atoms with van der Waals surface area (Å²) in [7, 11) is 0. The molecule has 4 nitrogen and oxygen atoms in total. The second kappa shape index (κ2) is 6.26. The maximum atomic E-state index is 12.6. The minimum Gasteiger partial charge on any atom is -0.449 e. The normalized spacial score (nSPS) is 22.8. The van der Waals surface area contributed by atoms with Crippen molar-refractivity contribution < 1.29 is 9.53 Å². The summed E-state index contributed by atoms with van der Waals surface area (Å²) in [6.45, 7) is 16.8. The van der Waals surface area contributed by atoms with E-state index >= 15 is 0 Å². The zero-order chi connectivity index (χ0) is 17.3. The molecule has 1 rings (SSSR count). The summed E-state index contributed by atoms with van der Waals surface area (Å²) in [5.74, 6) is 0. The number of carbonyl (C=O) groups excluding carboxylic acids is 1. The van der Waals surface area contributed by atoms with Crippen molar-refractivity contribution in [3.05, 3.63) is 0 Å². The second-order valence-corrected chi connectivity index (χ2v) is 8.48. The van der Waals surface area contributed by atoms with Gasteiger partial charge in [-0.25, -0.2) is 9.69 Å². The summed E-state index contributed by atoms with van der Waals surface area (Å²) in [6, 6.07) is 0. The Morgan fingerprint density at radius 2 is 1.82 bits per heavy atom. The molecule has 0 N–H and O–H groups in total. The van der Waals surface area contributed by atoms with Crippen LogP contribution < -0.4 is 0 Å². The molecule has 5 heteroatoms. The standard InChI is InChI=1S/C17H30N2O2S/c1-9-10-11-21-14(20)19-13(22)12(15(2,3)4)18-17(19,8)16(5,6)7/h9-11H2,1-8H3. The molecule has 1 unspecified atom stereocenters. The van der Waals surface area contributed by atoms with Crippen LogP contribution in [-0.2, 0) is 4.74 Å². The van der Waals surface area contributed by atoms with E-state index in [0.717, 1.165) is 18.6 Å². The molecule has 1 heterocycles. The first-order valence-electron chi connectivity index (χ1n) is 7.98. The SMILES string of the molecule is CCCCOC(=O)N1C(=S)C(C(C)(C)C)=NC1(C)C(C)(C)C. The van der Waals surface area contributed by atoms with Crippen LogP contribution in [0.15, 0.2) is 4.99 Å². The molecule has 0 radical (unpaired) electrons. The molecule has 0 bridgehead atoms. The predicted octanol–water partition coefficient (Wildman–Crippen LogP) is 4.82. The first-order valence-corrected chi connectivity index (χ1v) is 8.38. The summed E-state index contributed by atoms with van der Waals surface area (Å²) in [5, 5.41) is 0. The maximum absolute atomic E-state index is 12.6. The van der Waals surface area contributed by atoms with Gasteiger partial charge in [-0.05, 0) is 13.3 Å². The average molecular weight is 327 g/mol. The summed E-state index contributed by atoms with van der Waals surface area (Å²) < 4.78 is 5.41. The van der Waals surface area contributed by atoms with Gasteiger partial charge in [-0.2, -0.15) is 0 Å². The molecule has 0 aromatic carbocycles. The lowest BCUT2D eigenvalue weighted by Gasteiger charge is -2.42. The third-order valence-corrected chi connectivity index (χ3v) is 4.58. The highest BCUT2D eigenvalue weighted by Gasteiger charge is 2.54. The van der Waals surface area contributed by atoms with Gasteiger partial charge in [-0.15, -0.1) is 0 Å². The fraction of sp³-hybridized carbons (Fsp3) is 0.824. The van der Waals surface area contributed by atoms with Crippen molar-refractivity contribution in [2.24, 2.45) is 15.8 Å².